The van der Waals surface area contributed by atoms with Crippen molar-refractivity contribution in [3.63, 3.8) is 0 Å². The van der Waals surface area contributed by atoms with Crippen LogP contribution in [0, 0.1) is 11.8 Å². The highest BCUT2D eigenvalue weighted by Gasteiger charge is 2.50. The van der Waals surface area contributed by atoms with Gasteiger partial charge in [-0.1, -0.05) is 20.8 Å². The van der Waals surface area contributed by atoms with Crippen LogP contribution in [0.4, 0.5) is 0 Å². The molecule has 7 N–H and O–H groups in total. The molecule has 1 aliphatic heterocycles. The quantitative estimate of drug-likeness (QED) is 0.140. The first kappa shape index (κ1) is 32.4. The molecule has 2 heterocycles. The van der Waals surface area contributed by atoms with Crippen LogP contribution in [0.2, 0.25) is 0 Å². The van der Waals surface area contributed by atoms with Gasteiger partial charge in [0.05, 0.1) is 12.2 Å². The van der Waals surface area contributed by atoms with E-state index in [9.17, 15) is 40.5 Å². The molecule has 2 aliphatic rings. The molecule has 1 aromatic heterocycles. The summed E-state index contributed by atoms with van der Waals surface area (Å²) in [7, 11) is 1.31. The fraction of sp³-hybridized carbons (Fsp3) is 0.485. The molecule has 0 spiro atoms. The van der Waals surface area contributed by atoms with Crippen LogP contribution in [0.15, 0.2) is 39.1 Å². The largest absolute Gasteiger partial charge is 0.507 e. The van der Waals surface area contributed by atoms with Crippen LogP contribution in [0.3, 0.4) is 0 Å². The Hall–Kier alpha value is -3.97. The van der Waals surface area contributed by atoms with Crippen molar-refractivity contribution in [1.82, 2.24) is 0 Å². The SMILES string of the molecule is COC1C(O)C(CO)OC(c2c(O)cc3oc(CC(C)C)cc(=O)c3c2O)C1O/C(=C1/CCCC1C)c1cc(O)c(O)c(O)c1. The number of phenolic OH excluding ortho intramolecular Hbond substituents is 5. The summed E-state index contributed by atoms with van der Waals surface area (Å²) in [5, 5.41) is 74.5. The van der Waals surface area contributed by atoms with E-state index in [0.717, 1.165) is 18.4 Å². The maximum Gasteiger partial charge on any atom is 0.200 e. The van der Waals surface area contributed by atoms with Crippen LogP contribution in [-0.4, -0.2) is 73.9 Å². The summed E-state index contributed by atoms with van der Waals surface area (Å²) >= 11 is 0. The Labute approximate surface area is 259 Å². The molecule has 1 aliphatic carbocycles. The second kappa shape index (κ2) is 12.8. The first-order valence-electron chi connectivity index (χ1n) is 15.0. The number of hydrogen-bond donors (Lipinski definition) is 7. The van der Waals surface area contributed by atoms with Crippen LogP contribution in [-0.2, 0) is 20.6 Å². The molecule has 0 radical (unpaired) electrons. The number of allylic oxidation sites excluding steroid dienone is 1. The maximum absolute atomic E-state index is 13.2. The molecule has 12 heteroatoms. The lowest BCUT2D eigenvalue weighted by Gasteiger charge is -2.44. The van der Waals surface area contributed by atoms with E-state index >= 15 is 0 Å². The number of rotatable bonds is 8. The van der Waals surface area contributed by atoms with Gasteiger partial charge in [0.1, 0.15) is 58.4 Å². The van der Waals surface area contributed by atoms with Gasteiger partial charge < -0.3 is 54.4 Å². The molecular weight excluding hydrogens is 588 g/mol. The van der Waals surface area contributed by atoms with Crippen LogP contribution < -0.4 is 5.43 Å². The average molecular weight is 629 g/mol. The molecular formula is C33H40O12. The molecule has 6 atom stereocenters. The van der Waals surface area contributed by atoms with E-state index < -0.39 is 71.3 Å². The Morgan fingerprint density at radius 1 is 1.00 bits per heavy atom. The molecule has 6 unspecified atom stereocenters. The minimum Gasteiger partial charge on any atom is -0.507 e. The Morgan fingerprint density at radius 3 is 2.27 bits per heavy atom. The summed E-state index contributed by atoms with van der Waals surface area (Å²) in [5.41, 5.74) is 0.203. The molecule has 0 amide bonds. The molecule has 0 bridgehead atoms. The Morgan fingerprint density at radius 2 is 1.69 bits per heavy atom. The fourth-order valence-electron chi connectivity index (χ4n) is 6.41. The van der Waals surface area contributed by atoms with Crippen molar-refractivity contribution in [3.05, 3.63) is 56.9 Å². The summed E-state index contributed by atoms with van der Waals surface area (Å²) in [5.74, 6) is -2.22. The average Bonchev–Trinajstić information content (AvgIpc) is 3.39. The normalized spacial score (nSPS) is 26.5. The Kier molecular flexibility index (Phi) is 9.22. The molecule has 2 fully saturated rings. The first-order valence-corrected chi connectivity index (χ1v) is 15.0. The van der Waals surface area contributed by atoms with Crippen molar-refractivity contribution >= 4 is 16.7 Å². The van der Waals surface area contributed by atoms with Gasteiger partial charge in [-0.3, -0.25) is 4.79 Å². The minimum absolute atomic E-state index is 0.0179. The predicted octanol–water partition coefficient (Wildman–Crippen LogP) is 3.94. The van der Waals surface area contributed by atoms with Crippen LogP contribution >= 0.6 is 0 Å². The standard InChI is InChI=1S/C33H40O12/c1-14(2)8-17-11-19(35)25-23(43-17)12-20(36)26(29(25)41)31-33(32(42-4)28(40)24(13-34)44-31)45-30(18-7-5-6-15(18)3)16-9-21(37)27(39)22(38)10-16/h9-12,14-15,24,28,31-34,36-41H,5-8,13H2,1-4H3/b30-18-. The van der Waals surface area contributed by atoms with E-state index in [0.29, 0.717) is 18.6 Å². The fourth-order valence-corrected chi connectivity index (χ4v) is 6.41. The third kappa shape index (κ3) is 6.02. The molecule has 12 nitrogen and oxygen atoms in total. The number of hydrogen-bond acceptors (Lipinski definition) is 12. The zero-order valence-corrected chi connectivity index (χ0v) is 25.6. The molecule has 45 heavy (non-hydrogen) atoms. The Bertz CT molecular complexity index is 1630. The number of phenols is 5. The van der Waals surface area contributed by atoms with Crippen LogP contribution in [0.5, 0.6) is 28.7 Å². The van der Waals surface area contributed by atoms with Crippen molar-refractivity contribution < 1.29 is 54.4 Å². The van der Waals surface area contributed by atoms with E-state index in [1.54, 1.807) is 0 Å². The third-order valence-corrected chi connectivity index (χ3v) is 8.62. The van der Waals surface area contributed by atoms with E-state index in [1.807, 2.05) is 20.8 Å². The minimum atomic E-state index is -1.43. The van der Waals surface area contributed by atoms with Gasteiger partial charge in [0, 0.05) is 31.2 Å². The van der Waals surface area contributed by atoms with Gasteiger partial charge in [0.2, 0.25) is 0 Å². The lowest BCUT2D eigenvalue weighted by molar-refractivity contribution is -0.237. The summed E-state index contributed by atoms with van der Waals surface area (Å²) < 4.78 is 24.2. The number of aliphatic hydroxyl groups excluding tert-OH is 2. The Balaban J connectivity index is 1.70. The number of ether oxygens (including phenoxy) is 3. The zero-order valence-electron chi connectivity index (χ0n) is 25.6. The second-order valence-corrected chi connectivity index (χ2v) is 12.3. The zero-order chi connectivity index (χ0) is 32.7. The predicted molar refractivity (Wildman–Crippen MR) is 162 cm³/mol. The monoisotopic (exact) mass is 628 g/mol. The highest BCUT2D eigenvalue weighted by Crippen LogP contribution is 2.49. The lowest BCUT2D eigenvalue weighted by atomic mass is 9.88. The van der Waals surface area contributed by atoms with Gasteiger partial charge in [-0.05, 0) is 48.8 Å². The van der Waals surface area contributed by atoms with Gasteiger partial charge >= 0.3 is 0 Å². The molecule has 1 saturated heterocycles. The van der Waals surface area contributed by atoms with E-state index in [1.165, 1.54) is 31.4 Å². The number of benzene rings is 2. The van der Waals surface area contributed by atoms with Gasteiger partial charge in [-0.15, -0.1) is 0 Å². The van der Waals surface area contributed by atoms with Crippen molar-refractivity contribution in [1.29, 1.82) is 0 Å². The van der Waals surface area contributed by atoms with Crippen molar-refractivity contribution in [2.24, 2.45) is 11.8 Å². The topological polar surface area (TPSA) is 200 Å². The van der Waals surface area contributed by atoms with Gasteiger partial charge in [0.15, 0.2) is 28.8 Å². The van der Waals surface area contributed by atoms with E-state index in [2.05, 4.69) is 0 Å². The van der Waals surface area contributed by atoms with Crippen molar-refractivity contribution in [2.75, 3.05) is 13.7 Å². The number of fused-ring (bicyclic) bond motifs is 1. The summed E-state index contributed by atoms with van der Waals surface area (Å²) in [4.78, 5) is 13.2. The van der Waals surface area contributed by atoms with Gasteiger partial charge in [0.25, 0.3) is 0 Å². The molecule has 3 aromatic rings. The number of methoxy groups -OCH3 is 1. The summed E-state index contributed by atoms with van der Waals surface area (Å²) in [6.07, 6.45) is -3.88. The summed E-state index contributed by atoms with van der Waals surface area (Å²) in [6, 6.07) is 4.93. The molecule has 2 aromatic carbocycles. The number of aromatic hydroxyl groups is 5. The molecule has 244 valence electrons. The van der Waals surface area contributed by atoms with E-state index in [-0.39, 0.29) is 39.7 Å². The van der Waals surface area contributed by atoms with Crippen molar-refractivity contribution in [2.45, 2.75) is 77.0 Å². The highest BCUT2D eigenvalue weighted by molar-refractivity contribution is 5.87. The van der Waals surface area contributed by atoms with Crippen molar-refractivity contribution in [3.8, 4) is 28.7 Å². The summed E-state index contributed by atoms with van der Waals surface area (Å²) in [6.45, 7) is 5.25. The van der Waals surface area contributed by atoms with Gasteiger partial charge in [-0.2, -0.15) is 0 Å². The smallest absolute Gasteiger partial charge is 0.200 e. The maximum atomic E-state index is 13.2. The van der Waals surface area contributed by atoms with Crippen LogP contribution in [0.25, 0.3) is 16.7 Å². The lowest BCUT2D eigenvalue weighted by Crippen LogP contribution is -2.56. The third-order valence-electron chi connectivity index (χ3n) is 8.62. The highest BCUT2D eigenvalue weighted by atomic mass is 16.6. The molecule has 1 saturated carbocycles. The second-order valence-electron chi connectivity index (χ2n) is 12.3. The first-order chi connectivity index (χ1) is 21.4. The van der Waals surface area contributed by atoms with Crippen LogP contribution in [0.1, 0.15) is 63.0 Å². The van der Waals surface area contributed by atoms with Gasteiger partial charge in [-0.25, -0.2) is 0 Å². The molecule has 5 rings (SSSR count). The van der Waals surface area contributed by atoms with E-state index in [4.69, 9.17) is 18.6 Å². The number of aliphatic hydroxyl groups is 2.